The van der Waals surface area contributed by atoms with E-state index >= 15 is 0 Å². The van der Waals surface area contributed by atoms with E-state index in [1.165, 1.54) is 5.69 Å². The zero-order valence-electron chi connectivity index (χ0n) is 11.5. The molecule has 0 unspecified atom stereocenters. The van der Waals surface area contributed by atoms with E-state index in [1.54, 1.807) is 0 Å². The second-order valence-corrected chi connectivity index (χ2v) is 5.31. The molecule has 5 nitrogen and oxygen atoms in total. The SMILES string of the molecule is CCCn1nccc1CNC1CCC(C(=O)O)CC1. The standard InChI is InChI=1S/C14H23N3O2/c1-2-9-17-13(7-8-16-17)10-15-12-5-3-11(4-6-12)14(18)19/h7-8,11-12,15H,2-6,9-10H2,1H3,(H,18,19). The number of carbonyl (C=O) groups is 1. The molecule has 1 aromatic heterocycles. The predicted molar refractivity (Wildman–Crippen MR) is 72.7 cm³/mol. The Kier molecular flexibility index (Phi) is 4.96. The molecular formula is C14H23N3O2. The van der Waals surface area contributed by atoms with Gasteiger partial charge in [0.2, 0.25) is 0 Å². The smallest absolute Gasteiger partial charge is 0.306 e. The van der Waals surface area contributed by atoms with E-state index in [0.29, 0.717) is 6.04 Å². The summed E-state index contributed by atoms with van der Waals surface area (Å²) in [6, 6.07) is 2.49. The van der Waals surface area contributed by atoms with Gasteiger partial charge >= 0.3 is 5.97 Å². The molecule has 1 fully saturated rings. The number of nitrogens with one attached hydrogen (secondary N) is 1. The molecule has 2 N–H and O–H groups in total. The van der Waals surface area contributed by atoms with E-state index in [0.717, 1.165) is 45.2 Å². The monoisotopic (exact) mass is 265 g/mol. The van der Waals surface area contributed by atoms with Gasteiger partial charge < -0.3 is 10.4 Å². The maximum absolute atomic E-state index is 10.9. The lowest BCUT2D eigenvalue weighted by molar-refractivity contribution is -0.142. The van der Waals surface area contributed by atoms with Crippen molar-refractivity contribution in [2.75, 3.05) is 0 Å². The van der Waals surface area contributed by atoms with Gasteiger partial charge in [0.1, 0.15) is 0 Å². The first-order chi connectivity index (χ1) is 9.20. The summed E-state index contributed by atoms with van der Waals surface area (Å²) in [6.45, 7) is 3.92. The first kappa shape index (κ1) is 14.1. The number of hydrogen-bond donors (Lipinski definition) is 2. The maximum atomic E-state index is 10.9. The minimum atomic E-state index is -0.639. The lowest BCUT2D eigenvalue weighted by atomic mass is 9.86. The molecule has 2 rings (SSSR count). The van der Waals surface area contributed by atoms with Gasteiger partial charge in [0.15, 0.2) is 0 Å². The summed E-state index contributed by atoms with van der Waals surface area (Å²) in [5.41, 5.74) is 1.21. The first-order valence-electron chi connectivity index (χ1n) is 7.17. The molecule has 0 saturated heterocycles. The summed E-state index contributed by atoms with van der Waals surface area (Å²) < 4.78 is 2.04. The Hall–Kier alpha value is -1.36. The van der Waals surface area contributed by atoms with Gasteiger partial charge in [-0.05, 0) is 38.2 Å². The van der Waals surface area contributed by atoms with Crippen LogP contribution in [0.15, 0.2) is 12.3 Å². The van der Waals surface area contributed by atoms with Crippen LogP contribution in [0.25, 0.3) is 0 Å². The summed E-state index contributed by atoms with van der Waals surface area (Å²) in [6.07, 6.45) is 6.42. The van der Waals surface area contributed by atoms with Gasteiger partial charge in [0, 0.05) is 25.3 Å². The molecule has 5 heteroatoms. The van der Waals surface area contributed by atoms with Crippen LogP contribution >= 0.6 is 0 Å². The van der Waals surface area contributed by atoms with E-state index < -0.39 is 5.97 Å². The van der Waals surface area contributed by atoms with E-state index in [9.17, 15) is 4.79 Å². The summed E-state index contributed by atoms with van der Waals surface area (Å²) >= 11 is 0. The van der Waals surface area contributed by atoms with Crippen LogP contribution in [0.5, 0.6) is 0 Å². The molecule has 0 aliphatic heterocycles. The third kappa shape index (κ3) is 3.80. The second-order valence-electron chi connectivity index (χ2n) is 5.31. The van der Waals surface area contributed by atoms with Crippen molar-refractivity contribution in [2.45, 2.75) is 58.2 Å². The van der Waals surface area contributed by atoms with Crippen molar-refractivity contribution in [3.63, 3.8) is 0 Å². The van der Waals surface area contributed by atoms with Crippen LogP contribution in [-0.4, -0.2) is 26.9 Å². The van der Waals surface area contributed by atoms with Gasteiger partial charge in [-0.15, -0.1) is 0 Å². The zero-order chi connectivity index (χ0) is 13.7. The molecule has 1 aliphatic carbocycles. The number of carboxylic acid groups (broad SMARTS) is 1. The highest BCUT2D eigenvalue weighted by atomic mass is 16.4. The molecule has 1 saturated carbocycles. The summed E-state index contributed by atoms with van der Waals surface area (Å²) in [5, 5.41) is 16.8. The number of rotatable bonds is 6. The Morgan fingerprint density at radius 3 is 2.84 bits per heavy atom. The van der Waals surface area contributed by atoms with Crippen LogP contribution < -0.4 is 5.32 Å². The number of nitrogens with zero attached hydrogens (tertiary/aromatic N) is 2. The third-order valence-corrected chi connectivity index (χ3v) is 3.89. The fourth-order valence-electron chi connectivity index (χ4n) is 2.72. The van der Waals surface area contributed by atoms with Crippen LogP contribution in [0.1, 0.15) is 44.7 Å². The van der Waals surface area contributed by atoms with Gasteiger partial charge in [-0.25, -0.2) is 0 Å². The molecule has 1 aliphatic rings. The fourth-order valence-corrected chi connectivity index (χ4v) is 2.72. The first-order valence-corrected chi connectivity index (χ1v) is 7.17. The van der Waals surface area contributed by atoms with Crippen LogP contribution in [0.2, 0.25) is 0 Å². The van der Waals surface area contributed by atoms with Crippen molar-refractivity contribution in [2.24, 2.45) is 5.92 Å². The molecule has 0 atom stereocenters. The largest absolute Gasteiger partial charge is 0.481 e. The Morgan fingerprint density at radius 1 is 1.47 bits per heavy atom. The van der Waals surface area contributed by atoms with Crippen molar-refractivity contribution in [3.05, 3.63) is 18.0 Å². The minimum absolute atomic E-state index is 0.135. The Labute approximate surface area is 114 Å². The number of hydrogen-bond acceptors (Lipinski definition) is 3. The van der Waals surface area contributed by atoms with Crippen molar-refractivity contribution in [1.29, 1.82) is 0 Å². The van der Waals surface area contributed by atoms with Crippen molar-refractivity contribution >= 4 is 5.97 Å². The molecule has 0 radical (unpaired) electrons. The molecule has 0 bridgehead atoms. The maximum Gasteiger partial charge on any atom is 0.306 e. The normalized spacial score (nSPS) is 23.4. The van der Waals surface area contributed by atoms with Gasteiger partial charge in [0.25, 0.3) is 0 Å². The average molecular weight is 265 g/mol. The van der Waals surface area contributed by atoms with Gasteiger partial charge in [-0.1, -0.05) is 6.92 Å². The Bertz CT molecular complexity index is 409. The predicted octanol–water partition coefficient (Wildman–Crippen LogP) is 2.03. The Balaban J connectivity index is 1.77. The van der Waals surface area contributed by atoms with E-state index in [-0.39, 0.29) is 5.92 Å². The zero-order valence-corrected chi connectivity index (χ0v) is 11.5. The lowest BCUT2D eigenvalue weighted by Gasteiger charge is -2.27. The molecule has 0 amide bonds. The molecule has 19 heavy (non-hydrogen) atoms. The number of aromatic nitrogens is 2. The molecule has 1 aromatic rings. The number of aliphatic carboxylic acids is 1. The van der Waals surface area contributed by atoms with Crippen LogP contribution in [0.4, 0.5) is 0 Å². The van der Waals surface area contributed by atoms with Crippen LogP contribution in [-0.2, 0) is 17.9 Å². The highest BCUT2D eigenvalue weighted by molar-refractivity contribution is 5.70. The molecular weight excluding hydrogens is 242 g/mol. The third-order valence-electron chi connectivity index (χ3n) is 3.89. The van der Waals surface area contributed by atoms with Crippen LogP contribution in [0, 0.1) is 5.92 Å². The van der Waals surface area contributed by atoms with Crippen molar-refractivity contribution in [1.82, 2.24) is 15.1 Å². The summed E-state index contributed by atoms with van der Waals surface area (Å²) in [7, 11) is 0. The fraction of sp³-hybridized carbons (Fsp3) is 0.714. The highest BCUT2D eigenvalue weighted by Gasteiger charge is 2.25. The number of aryl methyl sites for hydroxylation is 1. The van der Waals surface area contributed by atoms with Crippen LogP contribution in [0.3, 0.4) is 0 Å². The second kappa shape index (κ2) is 6.70. The Morgan fingerprint density at radius 2 is 2.21 bits per heavy atom. The minimum Gasteiger partial charge on any atom is -0.481 e. The molecule has 1 heterocycles. The van der Waals surface area contributed by atoms with E-state index in [2.05, 4.69) is 17.3 Å². The number of carboxylic acids is 1. The average Bonchev–Trinajstić information content (AvgIpc) is 2.85. The highest BCUT2D eigenvalue weighted by Crippen LogP contribution is 2.24. The summed E-state index contributed by atoms with van der Waals surface area (Å²) in [4.78, 5) is 10.9. The lowest BCUT2D eigenvalue weighted by Crippen LogP contribution is -2.35. The molecule has 106 valence electrons. The van der Waals surface area contributed by atoms with Crippen molar-refractivity contribution in [3.8, 4) is 0 Å². The van der Waals surface area contributed by atoms with E-state index in [4.69, 9.17) is 5.11 Å². The molecule has 0 aromatic carbocycles. The quantitative estimate of drug-likeness (QED) is 0.826. The van der Waals surface area contributed by atoms with Gasteiger partial charge in [0.05, 0.1) is 11.6 Å². The summed E-state index contributed by atoms with van der Waals surface area (Å²) in [5.74, 6) is -0.775. The molecule has 0 spiro atoms. The van der Waals surface area contributed by atoms with Gasteiger partial charge in [-0.2, -0.15) is 5.10 Å². The van der Waals surface area contributed by atoms with Gasteiger partial charge in [-0.3, -0.25) is 9.48 Å². The van der Waals surface area contributed by atoms with E-state index in [1.807, 2.05) is 16.9 Å². The topological polar surface area (TPSA) is 67.2 Å². The van der Waals surface area contributed by atoms with Crippen molar-refractivity contribution < 1.29 is 9.90 Å².